The molecule has 0 radical (unpaired) electrons. The van der Waals surface area contributed by atoms with Crippen LogP contribution in [0.4, 0.5) is 4.39 Å². The van der Waals surface area contributed by atoms with E-state index in [0.717, 1.165) is 23.5 Å². The van der Waals surface area contributed by atoms with Gasteiger partial charge in [0.1, 0.15) is 5.82 Å². The Balaban J connectivity index is 1.51. The van der Waals surface area contributed by atoms with Gasteiger partial charge in [0.15, 0.2) is 11.5 Å². The Morgan fingerprint density at radius 1 is 1.14 bits per heavy atom. The van der Waals surface area contributed by atoms with E-state index < -0.39 is 5.82 Å². The topological polar surface area (TPSA) is 63.2 Å². The lowest BCUT2D eigenvalue weighted by molar-refractivity contribution is 0.0632. The number of piperidine rings is 1. The highest BCUT2D eigenvalue weighted by Gasteiger charge is 2.30. The molecule has 5 nitrogen and oxygen atoms in total. The van der Waals surface area contributed by atoms with Gasteiger partial charge in [-0.1, -0.05) is 47.0 Å². The van der Waals surface area contributed by atoms with E-state index in [2.05, 4.69) is 9.59 Å². The number of carbonyl (C=O) groups is 2. The number of benzene rings is 2. The lowest BCUT2D eigenvalue weighted by Crippen LogP contribution is -2.42. The fourth-order valence-corrected chi connectivity index (χ4v) is 3.98. The van der Waals surface area contributed by atoms with Crippen molar-refractivity contribution >= 4 is 23.2 Å². The molecule has 1 fully saturated rings. The highest BCUT2D eigenvalue weighted by molar-refractivity contribution is 7.03. The van der Waals surface area contributed by atoms with E-state index >= 15 is 0 Å². The van der Waals surface area contributed by atoms with E-state index in [9.17, 15) is 14.0 Å². The summed E-state index contributed by atoms with van der Waals surface area (Å²) in [6.45, 7) is 0.901. The molecule has 0 spiro atoms. The van der Waals surface area contributed by atoms with Crippen molar-refractivity contribution in [2.75, 3.05) is 13.1 Å². The molecule has 2 heterocycles. The Hall–Kier alpha value is -2.93. The number of ketones is 1. The average Bonchev–Trinajstić information content (AvgIpc) is 3.28. The third-order valence-corrected chi connectivity index (χ3v) is 5.50. The van der Waals surface area contributed by atoms with Gasteiger partial charge in [0.25, 0.3) is 5.91 Å². The van der Waals surface area contributed by atoms with Gasteiger partial charge in [-0.25, -0.2) is 4.39 Å². The van der Waals surface area contributed by atoms with Crippen molar-refractivity contribution in [1.82, 2.24) is 14.5 Å². The molecule has 1 aliphatic rings. The summed E-state index contributed by atoms with van der Waals surface area (Å²) in [5.74, 6) is -1.11. The molecule has 0 N–H and O–H groups in total. The van der Waals surface area contributed by atoms with Crippen molar-refractivity contribution in [3.8, 4) is 11.1 Å². The monoisotopic (exact) mass is 395 g/mol. The SMILES string of the molecule is O=C(c1ccc(-c2ccccc2)c(F)c1)[C@H]1CCCN(C(=O)c2csnn2)C1. The Kier molecular flexibility index (Phi) is 5.25. The lowest BCUT2D eigenvalue weighted by Gasteiger charge is -2.31. The number of likely N-dealkylation sites (tertiary alicyclic amines) is 1. The minimum Gasteiger partial charge on any atom is -0.336 e. The van der Waals surface area contributed by atoms with Crippen molar-refractivity contribution in [2.45, 2.75) is 12.8 Å². The van der Waals surface area contributed by atoms with Crippen LogP contribution in [0, 0.1) is 11.7 Å². The van der Waals surface area contributed by atoms with Gasteiger partial charge in [-0.05, 0) is 36.0 Å². The van der Waals surface area contributed by atoms with Crippen LogP contribution in [0.25, 0.3) is 11.1 Å². The fraction of sp³-hybridized carbons (Fsp3) is 0.238. The minimum absolute atomic E-state index is 0.132. The molecule has 0 bridgehead atoms. The predicted molar refractivity (Wildman–Crippen MR) is 105 cm³/mol. The molecule has 28 heavy (non-hydrogen) atoms. The van der Waals surface area contributed by atoms with Crippen molar-refractivity contribution in [3.63, 3.8) is 0 Å². The summed E-state index contributed by atoms with van der Waals surface area (Å²) in [4.78, 5) is 27.0. The number of aromatic nitrogens is 2. The maximum absolute atomic E-state index is 14.6. The first-order valence-corrected chi connectivity index (χ1v) is 9.92. The number of halogens is 1. The first-order valence-electron chi connectivity index (χ1n) is 9.09. The Bertz CT molecular complexity index is 992. The number of nitrogens with zero attached hydrogens (tertiary/aromatic N) is 3. The quantitative estimate of drug-likeness (QED) is 0.625. The first kappa shape index (κ1) is 18.4. The van der Waals surface area contributed by atoms with Gasteiger partial charge in [0.05, 0.1) is 0 Å². The zero-order valence-corrected chi connectivity index (χ0v) is 15.9. The molecule has 0 unspecified atom stereocenters. The second-order valence-electron chi connectivity index (χ2n) is 6.81. The summed E-state index contributed by atoms with van der Waals surface area (Å²) in [6, 6.07) is 13.8. The molecule has 0 aliphatic carbocycles. The second-order valence-corrected chi connectivity index (χ2v) is 7.42. The number of Topliss-reactive ketones (excluding diaryl/α,β-unsaturated/α-hetero) is 1. The van der Waals surface area contributed by atoms with E-state index in [0.29, 0.717) is 36.3 Å². The summed E-state index contributed by atoms with van der Waals surface area (Å²) in [7, 11) is 0. The van der Waals surface area contributed by atoms with Gasteiger partial charge in [-0.3, -0.25) is 9.59 Å². The summed E-state index contributed by atoms with van der Waals surface area (Å²) in [6.07, 6.45) is 1.41. The molecule has 0 saturated carbocycles. The van der Waals surface area contributed by atoms with E-state index in [-0.39, 0.29) is 17.6 Å². The second kappa shape index (κ2) is 7.98. The number of rotatable bonds is 4. The van der Waals surface area contributed by atoms with Crippen LogP contribution in [0.3, 0.4) is 0 Å². The van der Waals surface area contributed by atoms with Gasteiger partial charge < -0.3 is 4.90 Å². The van der Waals surface area contributed by atoms with Crippen LogP contribution in [0.2, 0.25) is 0 Å². The molecule has 1 atom stereocenters. The van der Waals surface area contributed by atoms with Gasteiger partial charge in [0.2, 0.25) is 0 Å². The van der Waals surface area contributed by atoms with E-state index in [1.165, 1.54) is 6.07 Å². The Labute approximate surface area is 166 Å². The van der Waals surface area contributed by atoms with Gasteiger partial charge in [-0.15, -0.1) is 5.10 Å². The van der Waals surface area contributed by atoms with Crippen LogP contribution in [0.5, 0.6) is 0 Å². The highest BCUT2D eigenvalue weighted by atomic mass is 32.1. The third-order valence-electron chi connectivity index (χ3n) is 5.00. The van der Waals surface area contributed by atoms with E-state index in [1.807, 2.05) is 30.3 Å². The third kappa shape index (κ3) is 3.71. The van der Waals surface area contributed by atoms with Crippen LogP contribution in [-0.4, -0.2) is 39.3 Å². The molecular formula is C21H18FN3O2S. The largest absolute Gasteiger partial charge is 0.336 e. The van der Waals surface area contributed by atoms with Crippen LogP contribution in [0.15, 0.2) is 53.9 Å². The molecule has 1 aromatic heterocycles. The van der Waals surface area contributed by atoms with Gasteiger partial charge in [0, 0.05) is 35.5 Å². The molecule has 7 heteroatoms. The fourth-order valence-electron chi connectivity index (χ4n) is 3.55. The maximum atomic E-state index is 14.6. The van der Waals surface area contributed by atoms with E-state index in [4.69, 9.17) is 0 Å². The molecular weight excluding hydrogens is 377 g/mol. The summed E-state index contributed by atoms with van der Waals surface area (Å²) < 4.78 is 18.3. The number of hydrogen-bond acceptors (Lipinski definition) is 5. The maximum Gasteiger partial charge on any atom is 0.275 e. The highest BCUT2D eigenvalue weighted by Crippen LogP contribution is 2.27. The van der Waals surface area contributed by atoms with Crippen LogP contribution in [-0.2, 0) is 0 Å². The van der Waals surface area contributed by atoms with Crippen molar-refractivity contribution < 1.29 is 14.0 Å². The lowest BCUT2D eigenvalue weighted by atomic mass is 9.89. The summed E-state index contributed by atoms with van der Waals surface area (Å²) in [5.41, 5.74) is 1.88. The molecule has 2 aromatic carbocycles. The van der Waals surface area contributed by atoms with Crippen LogP contribution in [0.1, 0.15) is 33.7 Å². The van der Waals surface area contributed by atoms with Crippen LogP contribution >= 0.6 is 11.5 Å². The zero-order valence-electron chi connectivity index (χ0n) is 15.0. The molecule has 1 saturated heterocycles. The normalized spacial score (nSPS) is 16.8. The smallest absolute Gasteiger partial charge is 0.275 e. The van der Waals surface area contributed by atoms with Gasteiger partial charge in [-0.2, -0.15) is 0 Å². The predicted octanol–water partition coefficient (Wildman–Crippen LogP) is 4.08. The molecule has 4 rings (SSSR count). The average molecular weight is 395 g/mol. The summed E-state index contributed by atoms with van der Waals surface area (Å²) >= 11 is 1.12. The van der Waals surface area contributed by atoms with Crippen molar-refractivity contribution in [3.05, 3.63) is 71.0 Å². The zero-order chi connectivity index (χ0) is 19.5. The minimum atomic E-state index is -0.422. The molecule has 3 aromatic rings. The Morgan fingerprint density at radius 3 is 2.68 bits per heavy atom. The standard InChI is InChI=1S/C21H18FN3O2S/c22-18-11-15(8-9-17(18)14-5-2-1-3-6-14)20(26)16-7-4-10-25(12-16)21(27)19-13-28-24-23-19/h1-3,5-6,8-9,11,13,16H,4,7,10,12H2/t16-/m0/s1. The molecule has 1 amide bonds. The van der Waals surface area contributed by atoms with Crippen LogP contribution < -0.4 is 0 Å². The van der Waals surface area contributed by atoms with Gasteiger partial charge >= 0.3 is 0 Å². The first-order chi connectivity index (χ1) is 13.6. The number of amides is 1. The number of carbonyl (C=O) groups excluding carboxylic acids is 2. The van der Waals surface area contributed by atoms with E-state index in [1.54, 1.807) is 22.4 Å². The van der Waals surface area contributed by atoms with Crippen molar-refractivity contribution in [1.29, 1.82) is 0 Å². The molecule has 1 aliphatic heterocycles. The Morgan fingerprint density at radius 2 is 1.96 bits per heavy atom. The van der Waals surface area contributed by atoms with Crippen molar-refractivity contribution in [2.24, 2.45) is 5.92 Å². The molecule has 142 valence electrons. The number of hydrogen-bond donors (Lipinski definition) is 0. The summed E-state index contributed by atoms with van der Waals surface area (Å²) in [5, 5.41) is 5.41.